The van der Waals surface area contributed by atoms with Crippen molar-refractivity contribution in [3.63, 3.8) is 0 Å². The van der Waals surface area contributed by atoms with Crippen LogP contribution in [-0.4, -0.2) is 28.5 Å². The van der Waals surface area contributed by atoms with Crippen LogP contribution in [0.2, 0.25) is 0 Å². The Hall–Kier alpha value is -3.01. The molecule has 4 nitrogen and oxygen atoms in total. The van der Waals surface area contributed by atoms with Gasteiger partial charge in [-0.2, -0.15) is 0 Å². The van der Waals surface area contributed by atoms with Crippen LogP contribution in [0.15, 0.2) is 72.9 Å². The molecule has 0 aliphatic heterocycles. The lowest BCUT2D eigenvalue weighted by molar-refractivity contribution is -0.136. The van der Waals surface area contributed by atoms with Crippen LogP contribution in [0.5, 0.6) is 5.75 Å². The smallest absolute Gasteiger partial charge is 0.230 e. The summed E-state index contributed by atoms with van der Waals surface area (Å²) < 4.78 is 7.66. The minimum absolute atomic E-state index is 0.0880. The van der Waals surface area contributed by atoms with E-state index in [9.17, 15) is 4.79 Å². The van der Waals surface area contributed by atoms with Gasteiger partial charge in [-0.05, 0) is 54.7 Å². The number of rotatable bonds is 9. The largest absolute Gasteiger partial charge is 0.497 e. The molecule has 4 rings (SSSR count). The molecular formula is C29H36N2O2. The van der Waals surface area contributed by atoms with Gasteiger partial charge >= 0.3 is 0 Å². The summed E-state index contributed by atoms with van der Waals surface area (Å²) in [5, 5.41) is 0. The van der Waals surface area contributed by atoms with Crippen molar-refractivity contribution in [1.29, 1.82) is 0 Å². The summed E-state index contributed by atoms with van der Waals surface area (Å²) in [6, 6.07) is 23.1. The van der Waals surface area contributed by atoms with Crippen LogP contribution in [0, 0.1) is 0 Å². The van der Waals surface area contributed by atoms with E-state index in [4.69, 9.17) is 4.74 Å². The van der Waals surface area contributed by atoms with Crippen LogP contribution < -0.4 is 4.74 Å². The molecule has 1 fully saturated rings. The molecule has 1 unspecified atom stereocenters. The van der Waals surface area contributed by atoms with Gasteiger partial charge in [0.1, 0.15) is 5.75 Å². The third kappa shape index (κ3) is 5.68. The third-order valence-corrected chi connectivity index (χ3v) is 6.95. The number of ether oxygens (including phenoxy) is 1. The number of amides is 1. The second-order valence-corrected chi connectivity index (χ2v) is 9.11. The fraction of sp³-hybridized carbons (Fsp3) is 0.414. The van der Waals surface area contributed by atoms with E-state index in [1.165, 1.54) is 30.5 Å². The van der Waals surface area contributed by atoms with Gasteiger partial charge < -0.3 is 14.2 Å². The van der Waals surface area contributed by atoms with Gasteiger partial charge in [0.2, 0.25) is 5.91 Å². The molecule has 2 aromatic carbocycles. The molecule has 3 aromatic rings. The van der Waals surface area contributed by atoms with Crippen molar-refractivity contribution in [2.45, 2.75) is 70.5 Å². The summed E-state index contributed by atoms with van der Waals surface area (Å²) in [6.45, 7) is 3.55. The maximum atomic E-state index is 14.0. The summed E-state index contributed by atoms with van der Waals surface area (Å²) in [7, 11) is 1.70. The van der Waals surface area contributed by atoms with Gasteiger partial charge in [0.15, 0.2) is 0 Å². The highest BCUT2D eigenvalue weighted by molar-refractivity contribution is 5.84. The van der Waals surface area contributed by atoms with Gasteiger partial charge in [0.25, 0.3) is 0 Å². The van der Waals surface area contributed by atoms with Crippen LogP contribution in [0.25, 0.3) is 0 Å². The summed E-state index contributed by atoms with van der Waals surface area (Å²) >= 11 is 0. The van der Waals surface area contributed by atoms with Crippen LogP contribution in [0.4, 0.5) is 0 Å². The van der Waals surface area contributed by atoms with Crippen molar-refractivity contribution in [2.24, 2.45) is 0 Å². The zero-order valence-corrected chi connectivity index (χ0v) is 20.0. The van der Waals surface area contributed by atoms with Crippen molar-refractivity contribution < 1.29 is 9.53 Å². The van der Waals surface area contributed by atoms with Gasteiger partial charge in [-0.25, -0.2) is 0 Å². The Morgan fingerprint density at radius 1 is 1.03 bits per heavy atom. The molecule has 1 heterocycles. The Labute approximate surface area is 198 Å². The molecule has 1 atom stereocenters. The van der Waals surface area contributed by atoms with E-state index in [1.807, 2.05) is 30.3 Å². The van der Waals surface area contributed by atoms with Crippen LogP contribution in [0.1, 0.15) is 68.2 Å². The van der Waals surface area contributed by atoms with E-state index in [1.54, 1.807) is 7.11 Å². The van der Waals surface area contributed by atoms with Crippen LogP contribution >= 0.6 is 0 Å². The van der Waals surface area contributed by atoms with Crippen molar-refractivity contribution in [3.05, 3.63) is 89.7 Å². The zero-order valence-electron chi connectivity index (χ0n) is 20.0. The number of aromatic nitrogens is 1. The number of nitrogens with zero attached hydrogens (tertiary/aromatic N) is 2. The van der Waals surface area contributed by atoms with Gasteiger partial charge in [-0.3, -0.25) is 4.79 Å². The van der Waals surface area contributed by atoms with E-state index < -0.39 is 0 Å². The lowest BCUT2D eigenvalue weighted by Gasteiger charge is -2.37. The lowest BCUT2D eigenvalue weighted by atomic mass is 9.90. The zero-order chi connectivity index (χ0) is 23.0. The third-order valence-electron chi connectivity index (χ3n) is 6.95. The van der Waals surface area contributed by atoms with E-state index in [0.29, 0.717) is 12.6 Å². The molecular weight excluding hydrogens is 408 g/mol. The Balaban J connectivity index is 1.59. The maximum Gasteiger partial charge on any atom is 0.230 e. The maximum absolute atomic E-state index is 14.0. The fourth-order valence-corrected chi connectivity index (χ4v) is 5.11. The molecule has 174 valence electrons. The van der Waals surface area contributed by atoms with E-state index >= 15 is 0 Å². The van der Waals surface area contributed by atoms with E-state index in [0.717, 1.165) is 37.1 Å². The molecule has 33 heavy (non-hydrogen) atoms. The first-order chi connectivity index (χ1) is 16.2. The van der Waals surface area contributed by atoms with Gasteiger partial charge in [-0.1, -0.05) is 68.7 Å². The molecule has 0 spiro atoms. The Bertz CT molecular complexity index is 1020. The average Bonchev–Trinajstić information content (AvgIpc) is 3.30. The van der Waals surface area contributed by atoms with Crippen LogP contribution in [0.3, 0.4) is 0 Å². The molecule has 0 bridgehead atoms. The lowest BCUT2D eigenvalue weighted by Crippen LogP contribution is -2.43. The predicted molar refractivity (Wildman–Crippen MR) is 133 cm³/mol. The Morgan fingerprint density at radius 2 is 1.82 bits per heavy atom. The van der Waals surface area contributed by atoms with E-state index in [-0.39, 0.29) is 11.8 Å². The topological polar surface area (TPSA) is 34.5 Å². The number of hydrogen-bond acceptors (Lipinski definition) is 2. The monoisotopic (exact) mass is 444 g/mol. The van der Waals surface area contributed by atoms with Gasteiger partial charge in [-0.15, -0.1) is 0 Å². The summed E-state index contributed by atoms with van der Waals surface area (Å²) in [5.41, 5.74) is 3.50. The highest BCUT2D eigenvalue weighted by Crippen LogP contribution is 2.30. The molecule has 1 aliphatic carbocycles. The number of carbonyl (C=O) groups is 1. The normalized spacial score (nSPS) is 15.2. The number of hydrogen-bond donors (Lipinski definition) is 0. The van der Waals surface area contributed by atoms with Crippen molar-refractivity contribution in [1.82, 2.24) is 9.47 Å². The number of methoxy groups -OCH3 is 1. The second-order valence-electron chi connectivity index (χ2n) is 9.11. The fourth-order valence-electron chi connectivity index (χ4n) is 5.11. The van der Waals surface area contributed by atoms with Gasteiger partial charge in [0, 0.05) is 24.5 Å². The summed E-state index contributed by atoms with van der Waals surface area (Å²) in [6.07, 6.45) is 8.84. The molecule has 0 radical (unpaired) electrons. The van der Waals surface area contributed by atoms with Crippen molar-refractivity contribution in [3.8, 4) is 5.75 Å². The Morgan fingerprint density at radius 3 is 2.55 bits per heavy atom. The minimum atomic E-state index is -0.0880. The average molecular weight is 445 g/mol. The summed E-state index contributed by atoms with van der Waals surface area (Å²) in [5.74, 6) is 1.05. The highest BCUT2D eigenvalue weighted by Gasteiger charge is 2.31. The standard InChI is InChI=1S/C29H36N2O2/c1-3-28(24-13-6-4-7-14-24)29(32)31(25-15-8-5-9-16-25)22-26-17-11-19-30(26)21-23-12-10-18-27(20-23)33-2/h4,6-7,10-14,17-20,25,28H,3,5,8-9,15-16,21-22H2,1-2H3. The molecule has 0 saturated heterocycles. The first-order valence-corrected chi connectivity index (χ1v) is 12.3. The van der Waals surface area contributed by atoms with Crippen LogP contribution in [-0.2, 0) is 17.9 Å². The molecule has 1 aromatic heterocycles. The second kappa shape index (κ2) is 11.2. The quantitative estimate of drug-likeness (QED) is 0.383. The molecule has 1 aliphatic rings. The molecule has 1 amide bonds. The van der Waals surface area contributed by atoms with E-state index in [2.05, 4.69) is 59.0 Å². The molecule has 1 saturated carbocycles. The van der Waals surface area contributed by atoms with Crippen molar-refractivity contribution in [2.75, 3.05) is 7.11 Å². The first kappa shape index (κ1) is 23.2. The van der Waals surface area contributed by atoms with Gasteiger partial charge in [0.05, 0.1) is 19.6 Å². The number of benzene rings is 2. The minimum Gasteiger partial charge on any atom is -0.497 e. The number of carbonyl (C=O) groups excluding carboxylic acids is 1. The summed E-state index contributed by atoms with van der Waals surface area (Å²) in [4.78, 5) is 16.1. The first-order valence-electron chi connectivity index (χ1n) is 12.3. The predicted octanol–water partition coefficient (Wildman–Crippen LogP) is 6.40. The highest BCUT2D eigenvalue weighted by atomic mass is 16.5. The molecule has 4 heteroatoms. The SMILES string of the molecule is CCC(C(=O)N(Cc1cccn1Cc1cccc(OC)c1)C1CCCCC1)c1ccccc1. The van der Waals surface area contributed by atoms with Crippen molar-refractivity contribution >= 4 is 5.91 Å². The Kier molecular flexibility index (Phi) is 7.87. The molecule has 0 N–H and O–H groups in total.